The minimum atomic E-state index is -0.403. The molecule has 0 bridgehead atoms. The summed E-state index contributed by atoms with van der Waals surface area (Å²) in [4.78, 5) is 0. The van der Waals surface area contributed by atoms with Gasteiger partial charge in [-0.3, -0.25) is 0 Å². The monoisotopic (exact) mass is 396 g/mol. The van der Waals surface area contributed by atoms with Gasteiger partial charge in [-0.1, -0.05) is 79.7 Å². The van der Waals surface area contributed by atoms with E-state index in [0.717, 1.165) is 44.9 Å². The van der Waals surface area contributed by atoms with Gasteiger partial charge < -0.3 is 4.74 Å². The first-order chi connectivity index (χ1) is 14.3. The maximum atomic E-state index is 12.6. The molecule has 2 heteroatoms. The van der Waals surface area contributed by atoms with Crippen molar-refractivity contribution in [2.24, 2.45) is 0 Å². The quantitative estimate of drug-likeness (QED) is 0.222. The predicted octanol–water partition coefficient (Wildman–Crippen LogP) is 7.67. The molecular weight excluding hydrogens is 359 g/mol. The minimum absolute atomic E-state index is 0.141. The van der Waals surface area contributed by atoms with Crippen LogP contribution in [0.15, 0.2) is 72.8 Å². The molecule has 0 spiro atoms. The van der Waals surface area contributed by atoms with Gasteiger partial charge in [0.1, 0.15) is 6.67 Å². The topological polar surface area (TPSA) is 9.23 Å². The smallest absolute Gasteiger partial charge is 0.113 e. The average molecular weight is 397 g/mol. The molecule has 0 radical (unpaired) electrons. The van der Waals surface area contributed by atoms with Crippen LogP contribution in [0.2, 0.25) is 0 Å². The molecule has 0 amide bonds. The molecule has 29 heavy (non-hydrogen) atoms. The molecule has 0 aliphatic carbocycles. The number of unbranched alkanes of at least 4 members (excludes halogenated alkanes) is 2. The maximum Gasteiger partial charge on any atom is 0.113 e. The number of hydrogen-bond donors (Lipinski definition) is 0. The third-order valence-corrected chi connectivity index (χ3v) is 5.48. The molecule has 0 aromatic heterocycles. The molecule has 2 aromatic carbocycles. The van der Waals surface area contributed by atoms with E-state index in [0.29, 0.717) is 5.92 Å². The third-order valence-electron chi connectivity index (χ3n) is 5.48. The zero-order valence-corrected chi connectivity index (χ0v) is 17.9. The molecule has 2 aromatic rings. The van der Waals surface area contributed by atoms with E-state index < -0.39 is 6.67 Å². The Morgan fingerprint density at radius 3 is 2.21 bits per heavy atom. The SMILES string of the molecule is CCC(CC(CCC/C=C/CCCc1ccccc1)OCCF)c1ccccc1. The Hall–Kier alpha value is -1.93. The lowest BCUT2D eigenvalue weighted by molar-refractivity contribution is 0.0277. The zero-order chi connectivity index (χ0) is 20.6. The molecule has 0 heterocycles. The molecule has 0 aliphatic heterocycles. The van der Waals surface area contributed by atoms with E-state index in [1.165, 1.54) is 17.5 Å². The second-order valence-corrected chi connectivity index (χ2v) is 7.71. The first-order valence-corrected chi connectivity index (χ1v) is 11.2. The number of alkyl halides is 1. The lowest BCUT2D eigenvalue weighted by atomic mass is 9.89. The van der Waals surface area contributed by atoms with Gasteiger partial charge in [0, 0.05) is 0 Å². The van der Waals surface area contributed by atoms with Crippen molar-refractivity contribution in [2.45, 2.75) is 70.3 Å². The van der Waals surface area contributed by atoms with E-state index in [1.54, 1.807) is 0 Å². The summed E-state index contributed by atoms with van der Waals surface area (Å²) in [6, 6.07) is 21.3. The summed E-state index contributed by atoms with van der Waals surface area (Å²) in [6.45, 7) is 2.03. The summed E-state index contributed by atoms with van der Waals surface area (Å²) in [7, 11) is 0. The Morgan fingerprint density at radius 1 is 0.897 bits per heavy atom. The van der Waals surface area contributed by atoms with Gasteiger partial charge in [0.05, 0.1) is 12.7 Å². The summed E-state index contributed by atoms with van der Waals surface area (Å²) in [6.07, 6.45) is 13.4. The van der Waals surface area contributed by atoms with Crippen molar-refractivity contribution in [3.05, 3.63) is 83.9 Å². The maximum absolute atomic E-state index is 12.6. The van der Waals surface area contributed by atoms with Gasteiger partial charge in [-0.05, 0) is 68.4 Å². The summed E-state index contributed by atoms with van der Waals surface area (Å²) in [5.74, 6) is 0.481. The fourth-order valence-corrected chi connectivity index (χ4v) is 3.83. The lowest BCUT2D eigenvalue weighted by Gasteiger charge is -2.23. The number of hydrogen-bond acceptors (Lipinski definition) is 1. The minimum Gasteiger partial charge on any atom is -0.375 e. The van der Waals surface area contributed by atoms with Gasteiger partial charge in [0.25, 0.3) is 0 Å². The Bertz CT molecular complexity index is 653. The van der Waals surface area contributed by atoms with Crippen LogP contribution in [0.1, 0.15) is 68.9 Å². The second-order valence-electron chi connectivity index (χ2n) is 7.71. The standard InChI is InChI=1S/C27H37FO/c1-2-25(26-18-12-8-13-19-26)23-27(29-22-21-28)20-14-6-4-3-5-9-15-24-16-10-7-11-17-24/h3-4,7-8,10-13,16-19,25,27H,2,5-6,9,14-15,20-23H2,1H3/b4-3+. The van der Waals surface area contributed by atoms with Crippen molar-refractivity contribution in [1.29, 1.82) is 0 Å². The van der Waals surface area contributed by atoms with Crippen molar-refractivity contribution in [1.82, 2.24) is 0 Å². The normalized spacial score (nSPS) is 13.6. The molecule has 0 fully saturated rings. The molecule has 0 saturated heterocycles. The highest BCUT2D eigenvalue weighted by atomic mass is 19.1. The largest absolute Gasteiger partial charge is 0.375 e. The van der Waals surface area contributed by atoms with Crippen molar-refractivity contribution < 1.29 is 9.13 Å². The molecule has 0 saturated carbocycles. The van der Waals surface area contributed by atoms with Crippen molar-refractivity contribution >= 4 is 0 Å². The molecule has 1 nitrogen and oxygen atoms in total. The Balaban J connectivity index is 1.68. The van der Waals surface area contributed by atoms with E-state index in [1.807, 2.05) is 0 Å². The molecule has 2 rings (SSSR count). The number of halogens is 1. The molecule has 0 aliphatic rings. The van der Waals surface area contributed by atoms with Crippen LogP contribution in [0.5, 0.6) is 0 Å². The van der Waals surface area contributed by atoms with Gasteiger partial charge in [-0.2, -0.15) is 0 Å². The first kappa shape index (κ1) is 23.3. The highest BCUT2D eigenvalue weighted by Gasteiger charge is 2.17. The third kappa shape index (κ3) is 9.89. The fourth-order valence-electron chi connectivity index (χ4n) is 3.83. The molecular formula is C27H37FO. The highest BCUT2D eigenvalue weighted by Crippen LogP contribution is 2.27. The van der Waals surface area contributed by atoms with E-state index in [4.69, 9.17) is 4.74 Å². The number of benzene rings is 2. The molecule has 2 atom stereocenters. The van der Waals surface area contributed by atoms with Gasteiger partial charge >= 0.3 is 0 Å². The Kier molecular flexibility index (Phi) is 12.1. The lowest BCUT2D eigenvalue weighted by Crippen LogP contribution is -2.18. The summed E-state index contributed by atoms with van der Waals surface area (Å²) >= 11 is 0. The van der Waals surface area contributed by atoms with Crippen LogP contribution in [-0.4, -0.2) is 19.4 Å². The predicted molar refractivity (Wildman–Crippen MR) is 122 cm³/mol. The van der Waals surface area contributed by atoms with E-state index >= 15 is 0 Å². The molecule has 158 valence electrons. The first-order valence-electron chi connectivity index (χ1n) is 11.2. The Morgan fingerprint density at radius 2 is 1.55 bits per heavy atom. The summed E-state index contributed by atoms with van der Waals surface area (Å²) in [5.41, 5.74) is 2.78. The highest BCUT2D eigenvalue weighted by molar-refractivity contribution is 5.19. The van der Waals surface area contributed by atoms with Crippen LogP contribution in [-0.2, 0) is 11.2 Å². The molecule has 0 N–H and O–H groups in total. The van der Waals surface area contributed by atoms with Crippen LogP contribution >= 0.6 is 0 Å². The summed E-state index contributed by atoms with van der Waals surface area (Å²) < 4.78 is 18.5. The molecule has 2 unspecified atom stereocenters. The summed E-state index contributed by atoms with van der Waals surface area (Å²) in [5, 5.41) is 0. The average Bonchev–Trinajstić information content (AvgIpc) is 2.78. The fraction of sp³-hybridized carbons (Fsp3) is 0.481. The van der Waals surface area contributed by atoms with Gasteiger partial charge in [-0.25, -0.2) is 4.39 Å². The number of aryl methyl sites for hydroxylation is 1. The van der Waals surface area contributed by atoms with Gasteiger partial charge in [0.15, 0.2) is 0 Å². The van der Waals surface area contributed by atoms with E-state index in [2.05, 4.69) is 79.7 Å². The van der Waals surface area contributed by atoms with Crippen molar-refractivity contribution in [2.75, 3.05) is 13.3 Å². The van der Waals surface area contributed by atoms with E-state index in [-0.39, 0.29) is 12.7 Å². The van der Waals surface area contributed by atoms with Crippen molar-refractivity contribution in [3.63, 3.8) is 0 Å². The zero-order valence-electron chi connectivity index (χ0n) is 17.9. The van der Waals surface area contributed by atoms with Crippen LogP contribution < -0.4 is 0 Å². The van der Waals surface area contributed by atoms with Crippen LogP contribution in [0.4, 0.5) is 4.39 Å². The second kappa shape index (κ2) is 15.0. The van der Waals surface area contributed by atoms with Gasteiger partial charge in [0.2, 0.25) is 0 Å². The number of rotatable bonds is 15. The number of allylic oxidation sites excluding steroid dienone is 2. The van der Waals surface area contributed by atoms with Crippen LogP contribution in [0, 0.1) is 0 Å². The van der Waals surface area contributed by atoms with Crippen LogP contribution in [0.3, 0.4) is 0 Å². The Labute approximate surface area is 177 Å². The van der Waals surface area contributed by atoms with E-state index in [9.17, 15) is 4.39 Å². The van der Waals surface area contributed by atoms with Gasteiger partial charge in [-0.15, -0.1) is 0 Å². The van der Waals surface area contributed by atoms with Crippen LogP contribution in [0.25, 0.3) is 0 Å². The number of ether oxygens (including phenoxy) is 1. The van der Waals surface area contributed by atoms with Crippen molar-refractivity contribution in [3.8, 4) is 0 Å².